The average Bonchev–Trinajstić information content (AvgIpc) is 2.31. The number of hydrogen-bond acceptors (Lipinski definition) is 5. The minimum Gasteiger partial charge on any atom is -0.407 e. The molecule has 5 nitrogen and oxygen atoms in total. The van der Waals surface area contributed by atoms with Crippen molar-refractivity contribution < 1.29 is 10.0 Å². The second-order valence-electron chi connectivity index (χ2n) is 3.14. The first-order valence-corrected chi connectivity index (χ1v) is 4.74. The summed E-state index contributed by atoms with van der Waals surface area (Å²) >= 11 is 0. The topological polar surface area (TPSA) is 69.5 Å². The van der Waals surface area contributed by atoms with Gasteiger partial charge in [-0.05, 0) is 24.3 Å². The molecule has 2 aromatic rings. The molecule has 0 spiro atoms. The lowest BCUT2D eigenvalue weighted by molar-refractivity contribution is 0.407. The SMILES string of the molecule is OB(O)N(c1cccnc1)c1cccnc1. The minimum atomic E-state index is -1.63. The second kappa shape index (κ2) is 4.74. The quantitative estimate of drug-likeness (QED) is 0.733. The molecular formula is C10H10BN3O2. The fourth-order valence-corrected chi connectivity index (χ4v) is 1.41. The zero-order valence-corrected chi connectivity index (χ0v) is 8.43. The third-order valence-corrected chi connectivity index (χ3v) is 2.08. The summed E-state index contributed by atoms with van der Waals surface area (Å²) in [7, 11) is -1.63. The van der Waals surface area contributed by atoms with Crippen LogP contribution in [0.5, 0.6) is 0 Å². The Kier molecular flexibility index (Phi) is 3.14. The van der Waals surface area contributed by atoms with E-state index in [1.807, 2.05) is 0 Å². The molecular weight excluding hydrogens is 205 g/mol. The van der Waals surface area contributed by atoms with Crippen LogP contribution in [-0.2, 0) is 0 Å². The lowest BCUT2D eigenvalue weighted by Gasteiger charge is -2.22. The van der Waals surface area contributed by atoms with Gasteiger partial charge in [-0.3, -0.25) is 9.97 Å². The summed E-state index contributed by atoms with van der Waals surface area (Å²) < 4.78 is 0. The molecule has 0 saturated carbocycles. The highest BCUT2D eigenvalue weighted by atomic mass is 16.4. The fraction of sp³-hybridized carbons (Fsp3) is 0. The van der Waals surface area contributed by atoms with Gasteiger partial charge in [0.25, 0.3) is 0 Å². The molecule has 0 bridgehead atoms. The molecule has 2 aromatic heterocycles. The molecule has 2 N–H and O–H groups in total. The summed E-state index contributed by atoms with van der Waals surface area (Å²) in [5, 5.41) is 18.7. The molecule has 6 heteroatoms. The van der Waals surface area contributed by atoms with Crippen molar-refractivity contribution >= 4 is 18.6 Å². The predicted molar refractivity (Wildman–Crippen MR) is 60.8 cm³/mol. The Labute approximate surface area is 93.2 Å². The Bertz CT molecular complexity index is 399. The number of aromatic nitrogens is 2. The maximum absolute atomic E-state index is 9.34. The highest BCUT2D eigenvalue weighted by Gasteiger charge is 2.22. The van der Waals surface area contributed by atoms with E-state index in [1.165, 1.54) is 4.81 Å². The highest BCUT2D eigenvalue weighted by molar-refractivity contribution is 6.49. The van der Waals surface area contributed by atoms with Gasteiger partial charge in [0.1, 0.15) is 0 Å². The molecule has 2 rings (SSSR count). The van der Waals surface area contributed by atoms with Crippen molar-refractivity contribution in [3.05, 3.63) is 49.1 Å². The minimum absolute atomic E-state index is 0.588. The van der Waals surface area contributed by atoms with Crippen LogP contribution >= 0.6 is 0 Å². The van der Waals surface area contributed by atoms with Crippen molar-refractivity contribution in [2.45, 2.75) is 0 Å². The van der Waals surface area contributed by atoms with E-state index in [-0.39, 0.29) is 0 Å². The normalized spacial score (nSPS) is 9.88. The summed E-state index contributed by atoms with van der Waals surface area (Å²) in [6, 6.07) is 6.92. The van der Waals surface area contributed by atoms with Crippen molar-refractivity contribution in [2.75, 3.05) is 4.81 Å². The van der Waals surface area contributed by atoms with Gasteiger partial charge in [-0.2, -0.15) is 0 Å². The number of nitrogens with zero attached hydrogens (tertiary/aromatic N) is 3. The first-order chi connectivity index (χ1) is 7.79. The van der Waals surface area contributed by atoms with Crippen LogP contribution in [0.2, 0.25) is 0 Å². The van der Waals surface area contributed by atoms with E-state index in [4.69, 9.17) is 0 Å². The van der Waals surface area contributed by atoms with Crippen LogP contribution < -0.4 is 4.81 Å². The lowest BCUT2D eigenvalue weighted by Crippen LogP contribution is -2.35. The average molecular weight is 215 g/mol. The number of pyridine rings is 2. The van der Waals surface area contributed by atoms with Crippen LogP contribution in [0.1, 0.15) is 0 Å². The van der Waals surface area contributed by atoms with E-state index >= 15 is 0 Å². The van der Waals surface area contributed by atoms with Gasteiger partial charge in [0.15, 0.2) is 0 Å². The zero-order chi connectivity index (χ0) is 11.4. The molecule has 80 valence electrons. The molecule has 0 aliphatic rings. The monoisotopic (exact) mass is 215 g/mol. The lowest BCUT2D eigenvalue weighted by atomic mass is 10.0. The molecule has 0 unspecified atom stereocenters. The van der Waals surface area contributed by atoms with Gasteiger partial charge in [0.2, 0.25) is 0 Å². The maximum Gasteiger partial charge on any atom is 0.592 e. The second-order valence-corrected chi connectivity index (χ2v) is 3.14. The standard InChI is InChI=1S/C10H10BN3O2/c15-11(16)14(9-3-1-5-12-7-9)10-4-2-6-13-8-10/h1-8,15-16H. The van der Waals surface area contributed by atoms with Crippen molar-refractivity contribution in [3.8, 4) is 0 Å². The van der Waals surface area contributed by atoms with Gasteiger partial charge < -0.3 is 14.9 Å². The summed E-state index contributed by atoms with van der Waals surface area (Å²) in [6.45, 7) is 0. The molecule has 0 aliphatic heterocycles. The fourth-order valence-electron chi connectivity index (χ4n) is 1.41. The van der Waals surface area contributed by atoms with Crippen LogP contribution in [0.25, 0.3) is 0 Å². The van der Waals surface area contributed by atoms with Gasteiger partial charge in [0, 0.05) is 24.8 Å². The van der Waals surface area contributed by atoms with Crippen LogP contribution in [0.4, 0.5) is 11.4 Å². The summed E-state index contributed by atoms with van der Waals surface area (Å²) in [6.07, 6.45) is 6.34. The van der Waals surface area contributed by atoms with E-state index in [0.29, 0.717) is 11.4 Å². The smallest absolute Gasteiger partial charge is 0.407 e. The highest BCUT2D eigenvalue weighted by Crippen LogP contribution is 2.23. The maximum atomic E-state index is 9.34. The molecule has 16 heavy (non-hydrogen) atoms. The largest absolute Gasteiger partial charge is 0.592 e. The number of hydrogen-bond donors (Lipinski definition) is 2. The van der Waals surface area contributed by atoms with Crippen molar-refractivity contribution in [1.29, 1.82) is 0 Å². The third kappa shape index (κ3) is 2.18. The Balaban J connectivity index is 2.40. The van der Waals surface area contributed by atoms with E-state index < -0.39 is 7.25 Å². The van der Waals surface area contributed by atoms with Crippen LogP contribution in [0, 0.1) is 0 Å². The van der Waals surface area contributed by atoms with E-state index in [2.05, 4.69) is 9.97 Å². The van der Waals surface area contributed by atoms with Crippen molar-refractivity contribution in [3.63, 3.8) is 0 Å². The van der Waals surface area contributed by atoms with Gasteiger partial charge in [-0.1, -0.05) is 0 Å². The molecule has 0 fully saturated rings. The van der Waals surface area contributed by atoms with Crippen molar-refractivity contribution in [2.24, 2.45) is 0 Å². The van der Waals surface area contributed by atoms with E-state index in [9.17, 15) is 10.0 Å². The van der Waals surface area contributed by atoms with E-state index in [1.54, 1.807) is 49.1 Å². The van der Waals surface area contributed by atoms with Crippen LogP contribution in [0.15, 0.2) is 49.1 Å². The zero-order valence-electron chi connectivity index (χ0n) is 8.43. The van der Waals surface area contributed by atoms with Crippen LogP contribution in [-0.4, -0.2) is 27.3 Å². The Morgan fingerprint density at radius 3 is 1.75 bits per heavy atom. The molecule has 0 radical (unpaired) electrons. The number of rotatable bonds is 3. The first kappa shape index (κ1) is 10.6. The first-order valence-electron chi connectivity index (χ1n) is 4.74. The van der Waals surface area contributed by atoms with Gasteiger partial charge in [-0.15, -0.1) is 0 Å². The van der Waals surface area contributed by atoms with E-state index in [0.717, 1.165) is 0 Å². The molecule has 0 aliphatic carbocycles. The molecule has 0 saturated heterocycles. The number of anilines is 2. The van der Waals surface area contributed by atoms with Gasteiger partial charge >= 0.3 is 7.25 Å². The summed E-state index contributed by atoms with van der Waals surface area (Å²) in [4.78, 5) is 9.18. The Morgan fingerprint density at radius 1 is 0.938 bits per heavy atom. The Hall–Kier alpha value is -1.92. The van der Waals surface area contributed by atoms with Crippen LogP contribution in [0.3, 0.4) is 0 Å². The van der Waals surface area contributed by atoms with Gasteiger partial charge in [0.05, 0.1) is 11.4 Å². The molecule has 0 amide bonds. The molecule has 0 atom stereocenters. The molecule has 2 heterocycles. The van der Waals surface area contributed by atoms with Crippen molar-refractivity contribution in [1.82, 2.24) is 9.97 Å². The summed E-state index contributed by atoms with van der Waals surface area (Å²) in [5.74, 6) is 0. The predicted octanol–water partition coefficient (Wildman–Crippen LogP) is 0.584. The molecule has 0 aromatic carbocycles. The Morgan fingerprint density at radius 2 is 1.44 bits per heavy atom. The summed E-state index contributed by atoms with van der Waals surface area (Å²) in [5.41, 5.74) is 1.18. The van der Waals surface area contributed by atoms with Gasteiger partial charge in [-0.25, -0.2) is 0 Å². The third-order valence-electron chi connectivity index (χ3n) is 2.08.